The van der Waals surface area contributed by atoms with E-state index in [4.69, 9.17) is 4.74 Å². The minimum absolute atomic E-state index is 0.129. The number of rotatable bonds is 6. The number of aromatic nitrogens is 2. The molecule has 0 unspecified atom stereocenters. The highest BCUT2D eigenvalue weighted by Gasteiger charge is 2.13. The van der Waals surface area contributed by atoms with Crippen LogP contribution in [-0.4, -0.2) is 35.2 Å². The van der Waals surface area contributed by atoms with Crippen molar-refractivity contribution in [2.24, 2.45) is 0 Å². The SMILES string of the molecule is Cc1cc(OC(C)C)nc(NCC[C@@H]2CCCN2)n1. The van der Waals surface area contributed by atoms with Gasteiger partial charge in [0.25, 0.3) is 0 Å². The summed E-state index contributed by atoms with van der Waals surface area (Å²) in [7, 11) is 0. The van der Waals surface area contributed by atoms with Crippen molar-refractivity contribution in [1.29, 1.82) is 0 Å². The maximum absolute atomic E-state index is 5.61. The van der Waals surface area contributed by atoms with Crippen molar-refractivity contribution in [2.75, 3.05) is 18.4 Å². The van der Waals surface area contributed by atoms with Crippen LogP contribution in [0.5, 0.6) is 5.88 Å². The first kappa shape index (κ1) is 14.1. The molecule has 106 valence electrons. The van der Waals surface area contributed by atoms with Gasteiger partial charge in [0.15, 0.2) is 0 Å². The van der Waals surface area contributed by atoms with Crippen LogP contribution < -0.4 is 15.4 Å². The molecular weight excluding hydrogens is 240 g/mol. The standard InChI is InChI=1S/C14H24N4O/c1-10(2)19-13-9-11(3)17-14(18-13)16-8-6-12-5-4-7-15-12/h9-10,12,15H,4-8H2,1-3H3,(H,16,17,18)/t12-/m0/s1. The average molecular weight is 264 g/mol. The van der Waals surface area contributed by atoms with Crippen molar-refractivity contribution < 1.29 is 4.74 Å². The minimum Gasteiger partial charge on any atom is -0.475 e. The maximum Gasteiger partial charge on any atom is 0.226 e. The minimum atomic E-state index is 0.129. The van der Waals surface area contributed by atoms with Crippen LogP contribution in [0.25, 0.3) is 0 Å². The zero-order valence-corrected chi connectivity index (χ0v) is 12.1. The maximum atomic E-state index is 5.61. The topological polar surface area (TPSA) is 59.1 Å². The molecule has 1 aliphatic rings. The van der Waals surface area contributed by atoms with Crippen LogP contribution in [0.15, 0.2) is 6.07 Å². The van der Waals surface area contributed by atoms with Crippen LogP contribution in [0.1, 0.15) is 38.8 Å². The summed E-state index contributed by atoms with van der Waals surface area (Å²) in [4.78, 5) is 8.76. The molecule has 0 saturated carbocycles. The molecule has 0 bridgehead atoms. The van der Waals surface area contributed by atoms with Crippen LogP contribution in [0.3, 0.4) is 0 Å². The van der Waals surface area contributed by atoms with Crippen molar-refractivity contribution in [1.82, 2.24) is 15.3 Å². The number of aryl methyl sites for hydroxylation is 1. The largest absolute Gasteiger partial charge is 0.475 e. The molecule has 2 rings (SSSR count). The molecule has 1 aromatic heterocycles. The summed E-state index contributed by atoms with van der Waals surface area (Å²) in [5.41, 5.74) is 0.923. The molecular formula is C14H24N4O. The van der Waals surface area contributed by atoms with Crippen LogP contribution in [0.4, 0.5) is 5.95 Å². The average Bonchev–Trinajstić information content (AvgIpc) is 2.80. The van der Waals surface area contributed by atoms with E-state index in [9.17, 15) is 0 Å². The summed E-state index contributed by atoms with van der Waals surface area (Å²) >= 11 is 0. The fraction of sp³-hybridized carbons (Fsp3) is 0.714. The normalized spacial score (nSPS) is 18.8. The molecule has 0 radical (unpaired) electrons. The third-order valence-corrected chi connectivity index (χ3v) is 3.13. The first-order valence-corrected chi connectivity index (χ1v) is 7.13. The van der Waals surface area contributed by atoms with Gasteiger partial charge in [-0.2, -0.15) is 4.98 Å². The van der Waals surface area contributed by atoms with Crippen molar-refractivity contribution in [3.05, 3.63) is 11.8 Å². The van der Waals surface area contributed by atoms with Gasteiger partial charge in [0.1, 0.15) is 0 Å². The lowest BCUT2D eigenvalue weighted by Crippen LogP contribution is -2.24. The van der Waals surface area contributed by atoms with E-state index >= 15 is 0 Å². The van der Waals surface area contributed by atoms with Crippen LogP contribution in [0, 0.1) is 6.92 Å². The Morgan fingerprint density at radius 1 is 1.47 bits per heavy atom. The predicted octanol–water partition coefficient (Wildman–Crippen LogP) is 2.13. The van der Waals surface area contributed by atoms with Crippen LogP contribution in [0.2, 0.25) is 0 Å². The zero-order chi connectivity index (χ0) is 13.7. The highest BCUT2D eigenvalue weighted by molar-refractivity contribution is 5.30. The van der Waals surface area contributed by atoms with E-state index in [1.807, 2.05) is 26.8 Å². The molecule has 5 nitrogen and oxygen atoms in total. The van der Waals surface area contributed by atoms with Crippen molar-refractivity contribution in [3.63, 3.8) is 0 Å². The van der Waals surface area contributed by atoms with Gasteiger partial charge in [0.2, 0.25) is 11.8 Å². The molecule has 5 heteroatoms. The van der Waals surface area contributed by atoms with Gasteiger partial charge in [0.05, 0.1) is 6.10 Å². The Morgan fingerprint density at radius 2 is 2.32 bits per heavy atom. The quantitative estimate of drug-likeness (QED) is 0.824. The van der Waals surface area contributed by atoms with Crippen molar-refractivity contribution >= 4 is 5.95 Å². The molecule has 2 heterocycles. The predicted molar refractivity (Wildman–Crippen MR) is 76.7 cm³/mol. The van der Waals surface area contributed by atoms with E-state index in [1.165, 1.54) is 12.8 Å². The third-order valence-electron chi connectivity index (χ3n) is 3.13. The molecule has 1 saturated heterocycles. The van der Waals surface area contributed by atoms with E-state index in [0.29, 0.717) is 17.9 Å². The lowest BCUT2D eigenvalue weighted by Gasteiger charge is -2.13. The summed E-state index contributed by atoms with van der Waals surface area (Å²) in [6.45, 7) is 7.99. The summed E-state index contributed by atoms with van der Waals surface area (Å²) < 4.78 is 5.61. The Kier molecular flexibility index (Phi) is 4.96. The second-order valence-corrected chi connectivity index (χ2v) is 5.35. The van der Waals surface area contributed by atoms with E-state index < -0.39 is 0 Å². The molecule has 2 N–H and O–H groups in total. The fourth-order valence-electron chi connectivity index (χ4n) is 2.28. The first-order valence-electron chi connectivity index (χ1n) is 7.13. The summed E-state index contributed by atoms with van der Waals surface area (Å²) in [6, 6.07) is 2.51. The molecule has 0 aromatic carbocycles. The fourth-order valence-corrected chi connectivity index (χ4v) is 2.28. The van der Waals surface area contributed by atoms with Crippen LogP contribution in [-0.2, 0) is 0 Å². The number of hydrogen-bond acceptors (Lipinski definition) is 5. The van der Waals surface area contributed by atoms with Gasteiger partial charge in [0, 0.05) is 24.3 Å². The Balaban J connectivity index is 1.86. The molecule has 0 amide bonds. The lowest BCUT2D eigenvalue weighted by molar-refractivity contribution is 0.232. The van der Waals surface area contributed by atoms with E-state index in [2.05, 4.69) is 20.6 Å². The number of nitrogens with one attached hydrogen (secondary N) is 2. The monoisotopic (exact) mass is 264 g/mol. The Bertz CT molecular complexity index is 402. The molecule has 1 atom stereocenters. The molecule has 1 aromatic rings. The third kappa shape index (κ3) is 4.67. The van der Waals surface area contributed by atoms with Crippen LogP contribution >= 0.6 is 0 Å². The summed E-state index contributed by atoms with van der Waals surface area (Å²) in [5.74, 6) is 1.30. The van der Waals surface area contributed by atoms with E-state index in [0.717, 1.165) is 25.2 Å². The van der Waals surface area contributed by atoms with Gasteiger partial charge in [-0.15, -0.1) is 0 Å². The summed E-state index contributed by atoms with van der Waals surface area (Å²) in [5, 5.41) is 6.77. The molecule has 0 aliphatic carbocycles. The number of anilines is 1. The number of hydrogen-bond donors (Lipinski definition) is 2. The Labute approximate surface area is 115 Å². The Hall–Kier alpha value is -1.36. The van der Waals surface area contributed by atoms with Gasteiger partial charge in [-0.25, -0.2) is 4.98 Å². The smallest absolute Gasteiger partial charge is 0.226 e. The number of nitrogens with zero attached hydrogens (tertiary/aromatic N) is 2. The summed E-state index contributed by atoms with van der Waals surface area (Å²) in [6.07, 6.45) is 3.80. The Morgan fingerprint density at radius 3 is 3.00 bits per heavy atom. The van der Waals surface area contributed by atoms with E-state index in [-0.39, 0.29) is 6.10 Å². The molecule has 1 fully saturated rings. The highest BCUT2D eigenvalue weighted by Crippen LogP contribution is 2.14. The van der Waals surface area contributed by atoms with Crippen molar-refractivity contribution in [3.8, 4) is 5.88 Å². The van der Waals surface area contributed by atoms with E-state index in [1.54, 1.807) is 0 Å². The molecule has 19 heavy (non-hydrogen) atoms. The van der Waals surface area contributed by atoms with Crippen molar-refractivity contribution in [2.45, 2.75) is 52.2 Å². The van der Waals surface area contributed by atoms with Gasteiger partial charge in [-0.05, 0) is 46.6 Å². The zero-order valence-electron chi connectivity index (χ0n) is 12.1. The number of ether oxygens (including phenoxy) is 1. The second kappa shape index (κ2) is 6.70. The first-order chi connectivity index (χ1) is 9.13. The van der Waals surface area contributed by atoms with Gasteiger partial charge in [-0.3, -0.25) is 0 Å². The van der Waals surface area contributed by atoms with Gasteiger partial charge in [-0.1, -0.05) is 0 Å². The lowest BCUT2D eigenvalue weighted by atomic mass is 10.1. The second-order valence-electron chi connectivity index (χ2n) is 5.35. The highest BCUT2D eigenvalue weighted by atomic mass is 16.5. The van der Waals surface area contributed by atoms with Gasteiger partial charge >= 0.3 is 0 Å². The molecule has 1 aliphatic heterocycles. The molecule has 0 spiro atoms. The van der Waals surface area contributed by atoms with Gasteiger partial charge < -0.3 is 15.4 Å².